The molecule has 1 heterocycles. The lowest BCUT2D eigenvalue weighted by molar-refractivity contribution is -0.148. The molecule has 5 unspecified atom stereocenters. The van der Waals surface area contributed by atoms with Crippen LogP contribution >= 0.6 is 11.8 Å². The van der Waals surface area contributed by atoms with E-state index in [1.54, 1.807) is 0 Å². The van der Waals surface area contributed by atoms with Gasteiger partial charge in [0.15, 0.2) is 0 Å². The van der Waals surface area contributed by atoms with Gasteiger partial charge in [-0.1, -0.05) is 44.2 Å². The van der Waals surface area contributed by atoms with Gasteiger partial charge in [-0.2, -0.15) is 11.8 Å². The number of hydrogen-bond donors (Lipinski definition) is 1. The Kier molecular flexibility index (Phi) is 4.27. The Bertz CT molecular complexity index is 852. The average molecular weight is 425 g/mol. The largest absolute Gasteiger partial charge is 0.342 e. The van der Waals surface area contributed by atoms with Crippen LogP contribution in [0.5, 0.6) is 0 Å². The van der Waals surface area contributed by atoms with Gasteiger partial charge in [0, 0.05) is 29.6 Å². The monoisotopic (exact) mass is 424 g/mol. The highest BCUT2D eigenvalue weighted by molar-refractivity contribution is 8.00. The maximum Gasteiger partial charge on any atom is 0.229 e. The number of carbonyl (C=O) groups is 1. The van der Waals surface area contributed by atoms with Gasteiger partial charge in [0.25, 0.3) is 0 Å². The third-order valence-corrected chi connectivity index (χ3v) is 11.3. The normalized spacial score (nSPS) is 43.9. The summed E-state index contributed by atoms with van der Waals surface area (Å²) in [6.07, 6.45) is 8.46. The standard InChI is InChI=1S/C26H36N2OS/c1-24(2)16-28(11-10-21(24)27)23(29)26-13-17-12-25(15-26,18-6-4-3-5-7-18)14-20(26)22(17)30-19-8-9-19/h3-7,17,19-22H,8-16,27H2,1-2H3/t17?,20?,21-,22?,25?,26?/m0/s1. The summed E-state index contributed by atoms with van der Waals surface area (Å²) in [7, 11) is 0. The van der Waals surface area contributed by atoms with Crippen molar-refractivity contribution in [2.24, 2.45) is 28.4 Å². The van der Waals surface area contributed by atoms with Crippen LogP contribution in [-0.4, -0.2) is 40.4 Å². The number of rotatable bonds is 4. The van der Waals surface area contributed by atoms with Gasteiger partial charge < -0.3 is 10.6 Å². The fourth-order valence-corrected chi connectivity index (χ4v) is 9.60. The minimum Gasteiger partial charge on any atom is -0.342 e. The molecule has 0 radical (unpaired) electrons. The Morgan fingerprint density at radius 2 is 1.87 bits per heavy atom. The summed E-state index contributed by atoms with van der Waals surface area (Å²) >= 11 is 2.26. The Labute approximate surface area is 185 Å². The highest BCUT2D eigenvalue weighted by atomic mass is 32.2. The molecule has 2 N–H and O–H groups in total. The van der Waals surface area contributed by atoms with E-state index in [-0.39, 0.29) is 22.3 Å². The van der Waals surface area contributed by atoms with Gasteiger partial charge >= 0.3 is 0 Å². The number of nitrogens with two attached hydrogens (primary N) is 1. The van der Waals surface area contributed by atoms with Gasteiger partial charge in [0.1, 0.15) is 0 Å². The van der Waals surface area contributed by atoms with E-state index in [4.69, 9.17) is 5.73 Å². The molecule has 1 aromatic rings. The van der Waals surface area contributed by atoms with E-state index in [0.717, 1.165) is 37.6 Å². The van der Waals surface area contributed by atoms with Crippen molar-refractivity contribution in [2.45, 2.75) is 80.7 Å². The van der Waals surface area contributed by atoms with Crippen molar-refractivity contribution in [1.29, 1.82) is 0 Å². The third kappa shape index (κ3) is 2.78. The molecule has 5 saturated carbocycles. The Morgan fingerprint density at radius 3 is 2.57 bits per heavy atom. The number of carbonyl (C=O) groups excluding carboxylic acids is 1. The lowest BCUT2D eigenvalue weighted by Gasteiger charge is -2.47. The van der Waals surface area contributed by atoms with Gasteiger partial charge in [0.05, 0.1) is 5.41 Å². The Morgan fingerprint density at radius 1 is 1.10 bits per heavy atom. The van der Waals surface area contributed by atoms with Crippen molar-refractivity contribution < 1.29 is 4.79 Å². The third-order valence-electron chi connectivity index (χ3n) is 9.40. The van der Waals surface area contributed by atoms with Crippen LogP contribution in [0.3, 0.4) is 0 Å². The number of piperidine rings is 1. The van der Waals surface area contributed by atoms with Gasteiger partial charge in [-0.3, -0.25) is 4.79 Å². The molecule has 4 heteroatoms. The van der Waals surface area contributed by atoms with Crippen LogP contribution in [0, 0.1) is 22.7 Å². The van der Waals surface area contributed by atoms with Crippen molar-refractivity contribution in [3.05, 3.63) is 35.9 Å². The minimum absolute atomic E-state index is 0.0133. The lowest BCUT2D eigenvalue weighted by Crippen LogP contribution is -2.57. The number of thioether (sulfide) groups is 1. The molecule has 1 amide bonds. The number of benzene rings is 1. The second-order valence-electron chi connectivity index (χ2n) is 11.9. The molecular formula is C26H36N2OS. The maximum atomic E-state index is 14.3. The first kappa shape index (κ1) is 19.7. The van der Waals surface area contributed by atoms with E-state index >= 15 is 0 Å². The predicted octanol–water partition coefficient (Wildman–Crippen LogP) is 4.59. The molecule has 6 atom stereocenters. The van der Waals surface area contributed by atoms with Crippen molar-refractivity contribution in [3.63, 3.8) is 0 Å². The van der Waals surface area contributed by atoms with E-state index in [9.17, 15) is 4.79 Å². The first-order chi connectivity index (χ1) is 14.3. The van der Waals surface area contributed by atoms with E-state index in [1.807, 2.05) is 0 Å². The second kappa shape index (κ2) is 6.51. The van der Waals surface area contributed by atoms with E-state index < -0.39 is 0 Å². The smallest absolute Gasteiger partial charge is 0.229 e. The van der Waals surface area contributed by atoms with Gasteiger partial charge in [-0.25, -0.2) is 0 Å². The molecule has 1 aromatic carbocycles. The zero-order chi connectivity index (χ0) is 20.7. The quantitative estimate of drug-likeness (QED) is 0.769. The highest BCUT2D eigenvalue weighted by Crippen LogP contribution is 2.74. The van der Waals surface area contributed by atoms with Crippen LogP contribution < -0.4 is 5.73 Å². The molecule has 7 rings (SSSR count). The molecule has 0 spiro atoms. The molecule has 5 aliphatic carbocycles. The van der Waals surface area contributed by atoms with Crippen LogP contribution in [0.15, 0.2) is 30.3 Å². The molecule has 0 aromatic heterocycles. The molecule has 1 aliphatic heterocycles. The van der Waals surface area contributed by atoms with E-state index in [2.05, 4.69) is 60.8 Å². The Hall–Kier alpha value is -1.00. The fourth-order valence-electron chi connectivity index (χ4n) is 7.78. The summed E-state index contributed by atoms with van der Waals surface area (Å²) in [5.74, 6) is 1.76. The first-order valence-corrected chi connectivity index (χ1v) is 13.0. The zero-order valence-electron chi connectivity index (χ0n) is 18.5. The van der Waals surface area contributed by atoms with Crippen molar-refractivity contribution >= 4 is 17.7 Å². The summed E-state index contributed by atoms with van der Waals surface area (Å²) in [5.41, 5.74) is 8.01. The summed E-state index contributed by atoms with van der Waals surface area (Å²) < 4.78 is 0. The molecule has 6 aliphatic rings. The van der Waals surface area contributed by atoms with Crippen LogP contribution in [0.1, 0.15) is 64.4 Å². The van der Waals surface area contributed by atoms with Crippen molar-refractivity contribution in [3.8, 4) is 0 Å². The molecule has 1 saturated heterocycles. The Balaban J connectivity index is 1.35. The van der Waals surface area contributed by atoms with Crippen LogP contribution in [0.25, 0.3) is 0 Å². The topological polar surface area (TPSA) is 46.3 Å². The number of amides is 1. The SMILES string of the molecule is CC1(C)CN(C(=O)C23CC4CC(c5ccccc5)(CC2C4SC2CC2)C3)CC[C@@H]1N. The van der Waals surface area contributed by atoms with Gasteiger partial charge in [-0.15, -0.1) is 0 Å². The summed E-state index contributed by atoms with van der Waals surface area (Å²) in [6, 6.07) is 11.4. The predicted molar refractivity (Wildman–Crippen MR) is 123 cm³/mol. The molecule has 6 fully saturated rings. The number of nitrogens with zero attached hydrogens (tertiary/aromatic N) is 1. The number of likely N-dealkylation sites (tertiary alicyclic amines) is 1. The van der Waals surface area contributed by atoms with Crippen LogP contribution in [0.4, 0.5) is 0 Å². The summed E-state index contributed by atoms with van der Waals surface area (Å²) in [4.78, 5) is 16.5. The van der Waals surface area contributed by atoms with Gasteiger partial charge in [-0.05, 0) is 73.2 Å². The molecule has 3 nitrogen and oxygen atoms in total. The highest BCUT2D eigenvalue weighted by Gasteiger charge is 2.71. The second-order valence-corrected chi connectivity index (χ2v) is 13.4. The van der Waals surface area contributed by atoms with Crippen molar-refractivity contribution in [2.75, 3.05) is 13.1 Å². The van der Waals surface area contributed by atoms with Crippen molar-refractivity contribution in [1.82, 2.24) is 4.90 Å². The molecule has 30 heavy (non-hydrogen) atoms. The average Bonchev–Trinajstić information content (AvgIpc) is 3.48. The van der Waals surface area contributed by atoms with Crippen LogP contribution in [0.2, 0.25) is 0 Å². The summed E-state index contributed by atoms with van der Waals surface area (Å²) in [6.45, 7) is 6.15. The fraction of sp³-hybridized carbons (Fsp3) is 0.731. The van der Waals surface area contributed by atoms with E-state index in [1.165, 1.54) is 31.2 Å². The van der Waals surface area contributed by atoms with Crippen LogP contribution in [-0.2, 0) is 10.2 Å². The molecule has 162 valence electrons. The van der Waals surface area contributed by atoms with E-state index in [0.29, 0.717) is 23.0 Å². The first-order valence-electron chi connectivity index (χ1n) is 12.1. The number of hydrogen-bond acceptors (Lipinski definition) is 3. The summed E-state index contributed by atoms with van der Waals surface area (Å²) in [5, 5.41) is 1.58. The molecular weight excluding hydrogens is 388 g/mol. The maximum absolute atomic E-state index is 14.3. The minimum atomic E-state index is -0.122. The lowest BCUT2D eigenvalue weighted by atomic mass is 9.63. The van der Waals surface area contributed by atoms with Gasteiger partial charge in [0.2, 0.25) is 5.91 Å². The molecule has 4 bridgehead atoms. The zero-order valence-corrected chi connectivity index (χ0v) is 19.3.